The van der Waals surface area contributed by atoms with Crippen molar-refractivity contribution in [2.24, 2.45) is 0 Å². The zero-order valence-electron chi connectivity index (χ0n) is 8.64. The minimum Gasteiger partial charge on any atom is -0.409 e. The lowest BCUT2D eigenvalue weighted by Gasteiger charge is -2.16. The van der Waals surface area contributed by atoms with Crippen LogP contribution in [-0.4, -0.2) is 24.0 Å². The van der Waals surface area contributed by atoms with E-state index in [4.69, 9.17) is 4.74 Å². The van der Waals surface area contributed by atoms with Gasteiger partial charge in [-0.3, -0.25) is 0 Å². The van der Waals surface area contributed by atoms with Crippen LogP contribution in [0.1, 0.15) is 5.56 Å². The van der Waals surface area contributed by atoms with Gasteiger partial charge in [0.05, 0.1) is 0 Å². The van der Waals surface area contributed by atoms with Crippen LogP contribution in [0, 0.1) is 0 Å². The molecule has 0 unspecified atom stereocenters. The molecule has 1 aliphatic rings. The first-order valence-corrected chi connectivity index (χ1v) is 4.86. The van der Waals surface area contributed by atoms with E-state index in [1.54, 1.807) is 4.90 Å². The summed E-state index contributed by atoms with van der Waals surface area (Å²) in [7, 11) is 1.82. The maximum atomic E-state index is 11.5. The second kappa shape index (κ2) is 3.77. The average Bonchev–Trinajstić information content (AvgIpc) is 2.47. The van der Waals surface area contributed by atoms with Crippen LogP contribution >= 0.6 is 0 Å². The van der Waals surface area contributed by atoms with Crippen molar-refractivity contribution in [3.63, 3.8) is 0 Å². The molecule has 0 saturated carbocycles. The van der Waals surface area contributed by atoms with Gasteiger partial charge >= 0.3 is 5.97 Å². The molecule has 1 aliphatic heterocycles. The molecule has 1 heterocycles. The van der Waals surface area contributed by atoms with Gasteiger partial charge in [0.2, 0.25) is 0 Å². The van der Waals surface area contributed by atoms with E-state index in [0.717, 1.165) is 5.56 Å². The number of ether oxygens (including phenoxy) is 1. The summed E-state index contributed by atoms with van der Waals surface area (Å²) < 4.78 is 4.95. The number of hydrogen-bond donors (Lipinski definition) is 0. The van der Waals surface area contributed by atoms with Gasteiger partial charge in [-0.2, -0.15) is 0 Å². The zero-order chi connectivity index (χ0) is 10.8. The highest BCUT2D eigenvalue weighted by Crippen LogP contribution is 2.20. The fraction of sp³-hybridized carbons (Fsp3) is 0.250. The average molecular weight is 203 g/mol. The molecule has 1 atom stereocenters. The van der Waals surface area contributed by atoms with E-state index >= 15 is 0 Å². The number of rotatable bonds is 2. The van der Waals surface area contributed by atoms with Crippen LogP contribution in [0.5, 0.6) is 0 Å². The third-order valence-electron chi connectivity index (χ3n) is 2.62. The van der Waals surface area contributed by atoms with Crippen LogP contribution in [0.15, 0.2) is 42.8 Å². The highest BCUT2D eigenvalue weighted by molar-refractivity contribution is 5.79. The quantitative estimate of drug-likeness (QED) is 0.683. The van der Waals surface area contributed by atoms with Crippen molar-refractivity contribution in [2.75, 3.05) is 7.05 Å². The van der Waals surface area contributed by atoms with Gasteiger partial charge in [0, 0.05) is 13.5 Å². The minimum absolute atomic E-state index is 0.216. The first kappa shape index (κ1) is 9.77. The van der Waals surface area contributed by atoms with Crippen molar-refractivity contribution in [1.29, 1.82) is 0 Å². The summed E-state index contributed by atoms with van der Waals surface area (Å²) in [6, 6.07) is 9.65. The van der Waals surface area contributed by atoms with Crippen LogP contribution in [0.2, 0.25) is 0 Å². The predicted molar refractivity (Wildman–Crippen MR) is 56.9 cm³/mol. The molecule has 0 bridgehead atoms. The highest BCUT2D eigenvalue weighted by Gasteiger charge is 2.34. The summed E-state index contributed by atoms with van der Waals surface area (Å²) in [5.41, 5.74) is 1.13. The van der Waals surface area contributed by atoms with Crippen molar-refractivity contribution in [1.82, 2.24) is 4.90 Å². The van der Waals surface area contributed by atoms with Gasteiger partial charge in [0.15, 0.2) is 5.88 Å². The summed E-state index contributed by atoms with van der Waals surface area (Å²) in [6.45, 7) is 3.66. The first-order valence-electron chi connectivity index (χ1n) is 4.86. The summed E-state index contributed by atoms with van der Waals surface area (Å²) in [6.07, 6.45) is 0.662. The molecule has 2 rings (SSSR count). The summed E-state index contributed by atoms with van der Waals surface area (Å²) >= 11 is 0. The number of esters is 1. The monoisotopic (exact) mass is 203 g/mol. The van der Waals surface area contributed by atoms with Gasteiger partial charge in [0.25, 0.3) is 0 Å². The van der Waals surface area contributed by atoms with Crippen LogP contribution in [-0.2, 0) is 16.0 Å². The Morgan fingerprint density at radius 3 is 2.60 bits per heavy atom. The molecule has 0 N–H and O–H groups in total. The molecule has 3 heteroatoms. The fourth-order valence-electron chi connectivity index (χ4n) is 1.65. The molecule has 1 saturated heterocycles. The van der Waals surface area contributed by atoms with E-state index in [0.29, 0.717) is 12.3 Å². The Morgan fingerprint density at radius 1 is 1.40 bits per heavy atom. The Morgan fingerprint density at radius 2 is 2.07 bits per heavy atom. The molecule has 1 fully saturated rings. The normalized spacial score (nSPS) is 20.6. The van der Waals surface area contributed by atoms with Crippen molar-refractivity contribution in [2.45, 2.75) is 12.5 Å². The molecule has 0 spiro atoms. The van der Waals surface area contributed by atoms with Crippen molar-refractivity contribution in [3.8, 4) is 0 Å². The number of carbonyl (C=O) groups excluding carboxylic acids is 1. The lowest BCUT2D eigenvalue weighted by atomic mass is 10.1. The Bertz CT molecular complexity index is 386. The van der Waals surface area contributed by atoms with E-state index in [2.05, 4.69) is 6.58 Å². The van der Waals surface area contributed by atoms with Crippen LogP contribution < -0.4 is 0 Å². The molecule has 0 amide bonds. The molecule has 0 radical (unpaired) electrons. The third kappa shape index (κ3) is 1.86. The Balaban J connectivity index is 2.13. The zero-order valence-corrected chi connectivity index (χ0v) is 8.64. The molecule has 3 nitrogen and oxygen atoms in total. The maximum Gasteiger partial charge on any atom is 0.335 e. The minimum atomic E-state index is -0.236. The Labute approximate surface area is 89.0 Å². The fourth-order valence-corrected chi connectivity index (χ4v) is 1.65. The summed E-state index contributed by atoms with van der Waals surface area (Å²) in [5.74, 6) is 0.215. The SMILES string of the molecule is C=C1OC(=O)[C@H](Cc2ccccc2)N1C. The van der Waals surface area contributed by atoms with Gasteiger partial charge in [-0.25, -0.2) is 4.79 Å². The lowest BCUT2D eigenvalue weighted by molar-refractivity contribution is -0.136. The van der Waals surface area contributed by atoms with E-state index in [1.165, 1.54) is 0 Å². The van der Waals surface area contributed by atoms with Crippen molar-refractivity contribution < 1.29 is 9.53 Å². The highest BCUT2D eigenvalue weighted by atomic mass is 16.6. The number of hydrogen-bond acceptors (Lipinski definition) is 3. The van der Waals surface area contributed by atoms with Gasteiger partial charge in [0.1, 0.15) is 6.04 Å². The van der Waals surface area contributed by atoms with Gasteiger partial charge < -0.3 is 9.64 Å². The molecule has 1 aromatic rings. The molecule has 15 heavy (non-hydrogen) atoms. The van der Waals surface area contributed by atoms with Crippen LogP contribution in [0.3, 0.4) is 0 Å². The summed E-state index contributed by atoms with van der Waals surface area (Å²) in [4.78, 5) is 13.2. The Hall–Kier alpha value is -1.77. The van der Waals surface area contributed by atoms with Crippen molar-refractivity contribution in [3.05, 3.63) is 48.4 Å². The molecular formula is C12H13NO2. The second-order valence-electron chi connectivity index (χ2n) is 3.63. The predicted octanol–water partition coefficient (Wildman–Crippen LogP) is 1.56. The number of nitrogens with zero attached hydrogens (tertiary/aromatic N) is 1. The molecule has 78 valence electrons. The number of likely N-dealkylation sites (N-methyl/N-ethyl adjacent to an activating group) is 1. The van der Waals surface area contributed by atoms with E-state index in [1.807, 2.05) is 37.4 Å². The van der Waals surface area contributed by atoms with Crippen LogP contribution in [0.4, 0.5) is 0 Å². The standard InChI is InChI=1S/C12H13NO2/c1-9-13(2)11(12(14)15-9)8-10-6-4-3-5-7-10/h3-7,11H,1,8H2,2H3/t11-/m0/s1. The van der Waals surface area contributed by atoms with E-state index in [-0.39, 0.29) is 12.0 Å². The van der Waals surface area contributed by atoms with Gasteiger partial charge in [-0.1, -0.05) is 30.3 Å². The van der Waals surface area contributed by atoms with E-state index in [9.17, 15) is 4.79 Å². The first-order chi connectivity index (χ1) is 7.18. The molecule has 1 aromatic carbocycles. The molecule has 0 aliphatic carbocycles. The maximum absolute atomic E-state index is 11.5. The smallest absolute Gasteiger partial charge is 0.335 e. The lowest BCUT2D eigenvalue weighted by Crippen LogP contribution is -2.30. The Kier molecular flexibility index (Phi) is 2.46. The summed E-state index contributed by atoms with van der Waals surface area (Å²) in [5, 5.41) is 0. The molecule has 0 aromatic heterocycles. The van der Waals surface area contributed by atoms with Gasteiger partial charge in [-0.05, 0) is 12.1 Å². The number of benzene rings is 1. The number of carbonyl (C=O) groups is 1. The van der Waals surface area contributed by atoms with Gasteiger partial charge in [-0.15, -0.1) is 0 Å². The topological polar surface area (TPSA) is 29.5 Å². The molecular weight excluding hydrogens is 190 g/mol. The van der Waals surface area contributed by atoms with Crippen LogP contribution in [0.25, 0.3) is 0 Å². The van der Waals surface area contributed by atoms with E-state index < -0.39 is 0 Å². The third-order valence-corrected chi connectivity index (χ3v) is 2.62. The largest absolute Gasteiger partial charge is 0.409 e. The van der Waals surface area contributed by atoms with Crippen molar-refractivity contribution >= 4 is 5.97 Å². The number of cyclic esters (lactones) is 1. The second-order valence-corrected chi connectivity index (χ2v) is 3.63.